The van der Waals surface area contributed by atoms with Crippen molar-refractivity contribution in [3.05, 3.63) is 35.9 Å². The van der Waals surface area contributed by atoms with Gasteiger partial charge in [0.2, 0.25) is 29.5 Å². The second kappa shape index (κ2) is 15.2. The van der Waals surface area contributed by atoms with Crippen LogP contribution in [-0.2, 0) is 35.2 Å². The minimum Gasteiger partial charge on any atom is -0.480 e. The number of amides is 5. The van der Waals surface area contributed by atoms with Crippen LogP contribution in [-0.4, -0.2) is 76.0 Å². The molecule has 5 amide bonds. The number of hydrogen-bond donors (Lipinski definition) is 8. The minimum atomic E-state index is -1.52. The van der Waals surface area contributed by atoms with Crippen LogP contribution in [0.2, 0.25) is 0 Å². The first-order valence-corrected chi connectivity index (χ1v) is 11.5. The van der Waals surface area contributed by atoms with Crippen LogP contribution in [0.5, 0.6) is 0 Å². The molecule has 1 rings (SSSR count). The third-order valence-electron chi connectivity index (χ3n) is 5.30. The SMILES string of the molecule is CC(O)C(NC(=O)C(N)Cc1ccccc1)C(=O)NC(CCC(N)=O)C(=O)NC(CCC(N)=O)C(=O)O. The predicted molar refractivity (Wildman–Crippen MR) is 130 cm³/mol. The molecule has 1 aromatic carbocycles. The van der Waals surface area contributed by atoms with Gasteiger partial charge in [0.15, 0.2) is 0 Å². The quantitative estimate of drug-likeness (QED) is 0.110. The van der Waals surface area contributed by atoms with Crippen LogP contribution < -0.4 is 33.2 Å². The highest BCUT2D eigenvalue weighted by atomic mass is 16.4. The molecule has 0 aliphatic heterocycles. The van der Waals surface area contributed by atoms with Gasteiger partial charge in [0.25, 0.3) is 0 Å². The minimum absolute atomic E-state index is 0.159. The third-order valence-corrected chi connectivity index (χ3v) is 5.30. The van der Waals surface area contributed by atoms with Gasteiger partial charge < -0.3 is 43.4 Å². The van der Waals surface area contributed by atoms with Crippen molar-refractivity contribution in [1.82, 2.24) is 16.0 Å². The van der Waals surface area contributed by atoms with Crippen molar-refractivity contribution in [1.29, 1.82) is 0 Å². The van der Waals surface area contributed by atoms with Gasteiger partial charge in [-0.25, -0.2) is 4.79 Å². The van der Waals surface area contributed by atoms with E-state index in [9.17, 15) is 39.0 Å². The molecule has 0 heterocycles. The zero-order chi connectivity index (χ0) is 28.1. The fraction of sp³-hybridized carbons (Fsp3) is 0.478. The van der Waals surface area contributed by atoms with Crippen molar-refractivity contribution in [3.8, 4) is 0 Å². The fourth-order valence-electron chi connectivity index (χ4n) is 3.26. The molecular formula is C23H34N6O8. The van der Waals surface area contributed by atoms with Gasteiger partial charge in [0, 0.05) is 12.8 Å². The predicted octanol–water partition coefficient (Wildman–Crippen LogP) is -2.99. The Morgan fingerprint density at radius 3 is 1.81 bits per heavy atom. The topological polar surface area (TPSA) is 257 Å². The lowest BCUT2D eigenvalue weighted by molar-refractivity contribution is -0.143. The average molecular weight is 523 g/mol. The van der Waals surface area contributed by atoms with Crippen molar-refractivity contribution >= 4 is 35.5 Å². The standard InChI is InChI=1S/C23H34N6O8/c1-12(30)19(29-20(33)14(24)11-13-5-3-2-4-6-13)22(35)27-15(7-9-17(25)31)21(34)28-16(23(36)37)8-10-18(26)32/h2-6,12,14-16,19,30H,7-11,24H2,1H3,(H2,25,31)(H2,26,32)(H,27,35)(H,28,34)(H,29,33)(H,36,37). The van der Waals surface area contributed by atoms with E-state index >= 15 is 0 Å². The average Bonchev–Trinajstić information content (AvgIpc) is 2.82. The summed E-state index contributed by atoms with van der Waals surface area (Å²) in [5.41, 5.74) is 16.9. The number of aliphatic carboxylic acids is 1. The molecule has 5 atom stereocenters. The largest absolute Gasteiger partial charge is 0.480 e. The zero-order valence-electron chi connectivity index (χ0n) is 20.4. The Hall–Kier alpha value is -4.04. The van der Waals surface area contributed by atoms with Crippen LogP contribution in [0.4, 0.5) is 0 Å². The molecular weight excluding hydrogens is 488 g/mol. The normalized spacial score (nSPS) is 14.8. The van der Waals surface area contributed by atoms with Gasteiger partial charge in [-0.2, -0.15) is 0 Å². The summed E-state index contributed by atoms with van der Waals surface area (Å²) in [5, 5.41) is 26.2. The molecule has 0 fully saturated rings. The highest BCUT2D eigenvalue weighted by Crippen LogP contribution is 2.06. The summed E-state index contributed by atoms with van der Waals surface area (Å²) in [6.07, 6.45) is -2.52. The van der Waals surface area contributed by atoms with Gasteiger partial charge in [-0.3, -0.25) is 24.0 Å². The summed E-state index contributed by atoms with van der Waals surface area (Å²) in [6.45, 7) is 1.23. The maximum atomic E-state index is 12.9. The first kappa shape index (κ1) is 31.0. The fourth-order valence-corrected chi connectivity index (χ4v) is 3.26. The van der Waals surface area contributed by atoms with E-state index in [1.165, 1.54) is 6.92 Å². The second-order valence-corrected chi connectivity index (χ2v) is 8.49. The van der Waals surface area contributed by atoms with Crippen molar-refractivity contribution < 1.29 is 39.0 Å². The summed E-state index contributed by atoms with van der Waals surface area (Å²) in [5.74, 6) is -5.72. The first-order chi connectivity index (χ1) is 17.3. The number of aliphatic hydroxyl groups excluding tert-OH is 1. The molecule has 0 spiro atoms. The maximum absolute atomic E-state index is 12.9. The Kier molecular flexibility index (Phi) is 12.7. The van der Waals surface area contributed by atoms with Crippen molar-refractivity contribution in [3.63, 3.8) is 0 Å². The molecule has 1 aromatic rings. The van der Waals surface area contributed by atoms with Crippen molar-refractivity contribution in [2.45, 2.75) is 69.3 Å². The smallest absolute Gasteiger partial charge is 0.326 e. The van der Waals surface area contributed by atoms with E-state index in [1.807, 2.05) is 0 Å². The number of carboxylic acids is 1. The summed E-state index contributed by atoms with van der Waals surface area (Å²) >= 11 is 0. The molecule has 37 heavy (non-hydrogen) atoms. The molecule has 14 nitrogen and oxygen atoms in total. The number of nitrogens with two attached hydrogens (primary N) is 3. The number of hydrogen-bond acceptors (Lipinski definition) is 8. The summed E-state index contributed by atoms with van der Waals surface area (Å²) in [6, 6.07) is 3.34. The van der Waals surface area contributed by atoms with Crippen molar-refractivity contribution in [2.24, 2.45) is 17.2 Å². The van der Waals surface area contributed by atoms with E-state index in [2.05, 4.69) is 16.0 Å². The number of carbonyl (C=O) groups excluding carboxylic acids is 5. The molecule has 0 aromatic heterocycles. The van der Waals surface area contributed by atoms with E-state index in [0.29, 0.717) is 0 Å². The number of benzene rings is 1. The summed E-state index contributed by atoms with van der Waals surface area (Å²) < 4.78 is 0. The lowest BCUT2D eigenvalue weighted by Crippen LogP contribution is -2.60. The summed E-state index contributed by atoms with van der Waals surface area (Å²) in [7, 11) is 0. The van der Waals surface area contributed by atoms with E-state index in [4.69, 9.17) is 17.2 Å². The zero-order valence-corrected chi connectivity index (χ0v) is 20.4. The Labute approximate surface area is 213 Å². The van der Waals surface area contributed by atoms with Crippen molar-refractivity contribution in [2.75, 3.05) is 0 Å². The van der Waals surface area contributed by atoms with Gasteiger partial charge in [-0.05, 0) is 31.7 Å². The number of primary amides is 2. The lowest BCUT2D eigenvalue weighted by Gasteiger charge is -2.26. The van der Waals surface area contributed by atoms with E-state index < -0.39 is 65.8 Å². The number of carboxylic acid groups (broad SMARTS) is 1. The third kappa shape index (κ3) is 11.5. The van der Waals surface area contributed by atoms with Gasteiger partial charge in [-0.15, -0.1) is 0 Å². The Balaban J connectivity index is 2.95. The van der Waals surface area contributed by atoms with E-state index in [1.54, 1.807) is 30.3 Å². The van der Waals surface area contributed by atoms with E-state index in [0.717, 1.165) is 5.56 Å². The monoisotopic (exact) mass is 522 g/mol. The van der Waals surface area contributed by atoms with Crippen LogP contribution in [0.15, 0.2) is 30.3 Å². The molecule has 0 saturated heterocycles. The number of aliphatic hydroxyl groups is 1. The van der Waals surface area contributed by atoms with Gasteiger partial charge in [-0.1, -0.05) is 30.3 Å². The first-order valence-electron chi connectivity index (χ1n) is 11.5. The number of nitrogens with one attached hydrogen (secondary N) is 3. The molecule has 5 unspecified atom stereocenters. The van der Waals surface area contributed by atoms with Crippen LogP contribution in [0.1, 0.15) is 38.2 Å². The van der Waals surface area contributed by atoms with Gasteiger partial charge in [0.05, 0.1) is 12.1 Å². The molecule has 0 aliphatic rings. The van der Waals surface area contributed by atoms with Gasteiger partial charge >= 0.3 is 5.97 Å². The number of rotatable bonds is 16. The summed E-state index contributed by atoms with van der Waals surface area (Å²) in [4.78, 5) is 71.9. The Bertz CT molecular complexity index is 971. The molecule has 204 valence electrons. The van der Waals surface area contributed by atoms with Crippen LogP contribution >= 0.6 is 0 Å². The second-order valence-electron chi connectivity index (χ2n) is 8.49. The highest BCUT2D eigenvalue weighted by molar-refractivity contribution is 5.94. The molecule has 0 radical (unpaired) electrons. The molecule has 11 N–H and O–H groups in total. The van der Waals surface area contributed by atoms with Crippen LogP contribution in [0.3, 0.4) is 0 Å². The Morgan fingerprint density at radius 2 is 1.32 bits per heavy atom. The molecule has 0 bridgehead atoms. The van der Waals surface area contributed by atoms with E-state index in [-0.39, 0.29) is 32.1 Å². The maximum Gasteiger partial charge on any atom is 0.326 e. The Morgan fingerprint density at radius 1 is 0.811 bits per heavy atom. The highest BCUT2D eigenvalue weighted by Gasteiger charge is 2.32. The lowest BCUT2D eigenvalue weighted by atomic mass is 10.0. The van der Waals surface area contributed by atoms with Crippen LogP contribution in [0, 0.1) is 0 Å². The number of carbonyl (C=O) groups is 6. The van der Waals surface area contributed by atoms with Gasteiger partial charge in [0.1, 0.15) is 18.1 Å². The molecule has 14 heteroatoms. The molecule has 0 saturated carbocycles. The molecule has 0 aliphatic carbocycles. The van der Waals surface area contributed by atoms with Crippen LogP contribution in [0.25, 0.3) is 0 Å².